The smallest absolute Gasteiger partial charge is 0.262 e. The molecule has 0 aliphatic heterocycles. The van der Waals surface area contributed by atoms with Gasteiger partial charge in [-0.15, -0.1) is 0 Å². The van der Waals surface area contributed by atoms with Gasteiger partial charge in [0.05, 0.1) is 29.8 Å². The Balaban J connectivity index is 2.39. The van der Waals surface area contributed by atoms with Crippen LogP contribution in [0.5, 0.6) is 11.5 Å². The maximum atomic E-state index is 12.6. The lowest BCUT2D eigenvalue weighted by Gasteiger charge is -2.14. The molecule has 124 valence electrons. The third kappa shape index (κ3) is 3.71. The van der Waals surface area contributed by atoms with Gasteiger partial charge >= 0.3 is 0 Å². The molecule has 5 nitrogen and oxygen atoms in total. The summed E-state index contributed by atoms with van der Waals surface area (Å²) in [6.45, 7) is 3.51. The molecule has 0 saturated heterocycles. The Morgan fingerprint density at radius 1 is 0.957 bits per heavy atom. The van der Waals surface area contributed by atoms with Gasteiger partial charge in [0.1, 0.15) is 11.5 Å². The Morgan fingerprint density at radius 3 is 2.17 bits per heavy atom. The lowest BCUT2D eigenvalue weighted by Crippen LogP contribution is -2.14. The van der Waals surface area contributed by atoms with E-state index in [0.29, 0.717) is 27.8 Å². The topological polar surface area (TPSA) is 64.6 Å². The molecule has 0 unspecified atom stereocenters. The van der Waals surface area contributed by atoms with Crippen LogP contribution < -0.4 is 14.2 Å². The second-order valence-corrected chi connectivity index (χ2v) is 7.10. The summed E-state index contributed by atoms with van der Waals surface area (Å²) in [4.78, 5) is 0.197. The van der Waals surface area contributed by atoms with Crippen LogP contribution in [0.4, 0.5) is 5.69 Å². The zero-order valence-electron chi connectivity index (χ0n) is 13.3. The van der Waals surface area contributed by atoms with Crippen molar-refractivity contribution in [1.82, 2.24) is 0 Å². The third-order valence-electron chi connectivity index (χ3n) is 3.39. The Morgan fingerprint density at radius 2 is 1.61 bits per heavy atom. The molecule has 0 spiro atoms. The van der Waals surface area contributed by atoms with Crippen molar-refractivity contribution in [2.45, 2.75) is 18.7 Å². The number of sulfonamides is 1. The summed E-state index contributed by atoms with van der Waals surface area (Å²) >= 11 is 6.02. The summed E-state index contributed by atoms with van der Waals surface area (Å²) in [5.74, 6) is 1.13. The van der Waals surface area contributed by atoms with E-state index in [1.54, 1.807) is 45.2 Å². The van der Waals surface area contributed by atoms with Crippen LogP contribution in [-0.4, -0.2) is 22.6 Å². The van der Waals surface area contributed by atoms with Crippen LogP contribution in [-0.2, 0) is 10.0 Å². The fraction of sp³-hybridized carbons (Fsp3) is 0.250. The number of benzene rings is 2. The van der Waals surface area contributed by atoms with E-state index in [9.17, 15) is 8.42 Å². The molecule has 2 rings (SSSR count). The van der Waals surface area contributed by atoms with Crippen molar-refractivity contribution in [3.8, 4) is 11.5 Å². The first-order chi connectivity index (χ1) is 10.8. The Kier molecular flexibility index (Phi) is 5.06. The van der Waals surface area contributed by atoms with Gasteiger partial charge in [0, 0.05) is 0 Å². The zero-order chi connectivity index (χ0) is 17.2. The predicted octanol–water partition coefficient (Wildman–Crippen LogP) is 3.77. The maximum absolute atomic E-state index is 12.6. The molecule has 2 aromatic rings. The van der Waals surface area contributed by atoms with Crippen LogP contribution in [0.2, 0.25) is 5.02 Å². The number of nitrogens with one attached hydrogen (secondary N) is 1. The largest absolute Gasteiger partial charge is 0.496 e. The van der Waals surface area contributed by atoms with Gasteiger partial charge in [0.15, 0.2) is 0 Å². The highest BCUT2D eigenvalue weighted by atomic mass is 35.5. The van der Waals surface area contributed by atoms with Crippen molar-refractivity contribution < 1.29 is 17.9 Å². The van der Waals surface area contributed by atoms with Gasteiger partial charge in [-0.2, -0.15) is 0 Å². The van der Waals surface area contributed by atoms with Gasteiger partial charge in [-0.1, -0.05) is 11.6 Å². The molecule has 0 amide bonds. The first-order valence-corrected chi connectivity index (χ1v) is 8.66. The highest BCUT2D eigenvalue weighted by Crippen LogP contribution is 2.30. The number of rotatable bonds is 5. The Labute approximate surface area is 141 Å². The maximum Gasteiger partial charge on any atom is 0.262 e. The minimum atomic E-state index is -3.73. The van der Waals surface area contributed by atoms with E-state index in [1.165, 1.54) is 13.2 Å². The number of ether oxygens (including phenoxy) is 2. The highest BCUT2D eigenvalue weighted by molar-refractivity contribution is 7.92. The molecule has 23 heavy (non-hydrogen) atoms. The summed E-state index contributed by atoms with van der Waals surface area (Å²) in [6, 6.07) is 7.98. The number of hydrogen-bond donors (Lipinski definition) is 1. The number of methoxy groups -OCH3 is 2. The molecule has 0 aromatic heterocycles. The van der Waals surface area contributed by atoms with E-state index in [-0.39, 0.29) is 4.90 Å². The molecule has 0 fully saturated rings. The lowest BCUT2D eigenvalue weighted by atomic mass is 10.1. The monoisotopic (exact) mass is 355 g/mol. The molecule has 2 aromatic carbocycles. The van der Waals surface area contributed by atoms with Crippen LogP contribution in [0.25, 0.3) is 0 Å². The molecule has 1 N–H and O–H groups in total. The summed E-state index contributed by atoms with van der Waals surface area (Å²) < 4.78 is 38.0. The van der Waals surface area contributed by atoms with Gasteiger partial charge < -0.3 is 9.47 Å². The highest BCUT2D eigenvalue weighted by Gasteiger charge is 2.19. The Bertz CT molecular complexity index is 834. The molecule has 0 radical (unpaired) electrons. The lowest BCUT2D eigenvalue weighted by molar-refractivity contribution is 0.411. The molecular formula is C16H18ClNO4S. The van der Waals surface area contributed by atoms with Crippen molar-refractivity contribution in [3.63, 3.8) is 0 Å². The quantitative estimate of drug-likeness (QED) is 0.886. The van der Waals surface area contributed by atoms with Crippen LogP contribution in [0, 0.1) is 13.8 Å². The molecule has 0 saturated carbocycles. The molecule has 0 bridgehead atoms. The average molecular weight is 356 g/mol. The summed E-state index contributed by atoms with van der Waals surface area (Å²) in [7, 11) is -0.689. The van der Waals surface area contributed by atoms with Gasteiger partial charge in [-0.05, 0) is 55.3 Å². The molecule has 0 aliphatic rings. The fourth-order valence-electron chi connectivity index (χ4n) is 2.21. The molecular weight excluding hydrogens is 338 g/mol. The fourth-order valence-corrected chi connectivity index (χ4v) is 3.83. The van der Waals surface area contributed by atoms with E-state index in [4.69, 9.17) is 21.1 Å². The number of halogens is 1. The minimum Gasteiger partial charge on any atom is -0.496 e. The normalized spacial score (nSPS) is 11.2. The standard InChI is InChI=1S/C16H18ClNO4S/c1-10-8-16(11(2)7-15(10)22-4)23(19,20)18-12-5-6-14(21-3)13(17)9-12/h5-9,18H,1-4H3. The zero-order valence-corrected chi connectivity index (χ0v) is 14.9. The van der Waals surface area contributed by atoms with Crippen molar-refractivity contribution in [2.24, 2.45) is 0 Å². The van der Waals surface area contributed by atoms with Gasteiger partial charge in [0.25, 0.3) is 10.0 Å². The van der Waals surface area contributed by atoms with E-state index in [1.807, 2.05) is 0 Å². The third-order valence-corrected chi connectivity index (χ3v) is 5.20. The number of anilines is 1. The summed E-state index contributed by atoms with van der Waals surface area (Å²) in [6.07, 6.45) is 0. The molecule has 7 heteroatoms. The number of aryl methyl sites for hydroxylation is 2. The van der Waals surface area contributed by atoms with E-state index in [2.05, 4.69) is 4.72 Å². The first-order valence-electron chi connectivity index (χ1n) is 6.80. The van der Waals surface area contributed by atoms with Crippen LogP contribution in [0.1, 0.15) is 11.1 Å². The van der Waals surface area contributed by atoms with Gasteiger partial charge in [-0.3, -0.25) is 4.72 Å². The predicted molar refractivity (Wildman–Crippen MR) is 91.3 cm³/mol. The van der Waals surface area contributed by atoms with E-state index < -0.39 is 10.0 Å². The van der Waals surface area contributed by atoms with Crippen LogP contribution in [0.15, 0.2) is 35.2 Å². The van der Waals surface area contributed by atoms with E-state index >= 15 is 0 Å². The molecule has 0 heterocycles. The Hall–Kier alpha value is -1.92. The minimum absolute atomic E-state index is 0.197. The van der Waals surface area contributed by atoms with Crippen molar-refractivity contribution in [1.29, 1.82) is 0 Å². The van der Waals surface area contributed by atoms with Crippen molar-refractivity contribution in [2.75, 3.05) is 18.9 Å². The van der Waals surface area contributed by atoms with Crippen molar-refractivity contribution in [3.05, 3.63) is 46.5 Å². The van der Waals surface area contributed by atoms with Gasteiger partial charge in [0.2, 0.25) is 0 Å². The summed E-state index contributed by atoms with van der Waals surface area (Å²) in [5, 5.41) is 0.329. The second-order valence-electron chi connectivity index (χ2n) is 5.04. The van der Waals surface area contributed by atoms with Crippen molar-refractivity contribution >= 4 is 27.3 Å². The summed E-state index contributed by atoms with van der Waals surface area (Å²) in [5.41, 5.74) is 1.70. The van der Waals surface area contributed by atoms with E-state index in [0.717, 1.165) is 5.56 Å². The van der Waals surface area contributed by atoms with Gasteiger partial charge in [-0.25, -0.2) is 8.42 Å². The SMILES string of the molecule is COc1cc(C)c(S(=O)(=O)Nc2ccc(OC)c(Cl)c2)cc1C. The van der Waals surface area contributed by atoms with Crippen LogP contribution in [0.3, 0.4) is 0 Å². The average Bonchev–Trinajstić information content (AvgIpc) is 2.48. The first kappa shape index (κ1) is 17.4. The second kappa shape index (κ2) is 6.68. The van der Waals surface area contributed by atoms with Crippen LogP contribution >= 0.6 is 11.6 Å². The molecule has 0 atom stereocenters. The number of hydrogen-bond acceptors (Lipinski definition) is 4. The molecule has 0 aliphatic carbocycles.